The molecule has 3 aromatic rings. The van der Waals surface area contributed by atoms with Gasteiger partial charge in [-0.15, -0.1) is 0 Å². The van der Waals surface area contributed by atoms with E-state index in [0.29, 0.717) is 6.42 Å². The molecule has 0 radical (unpaired) electrons. The molecule has 0 aliphatic carbocycles. The van der Waals surface area contributed by atoms with Gasteiger partial charge in [-0.25, -0.2) is 4.98 Å². The van der Waals surface area contributed by atoms with Crippen LogP contribution in [0.2, 0.25) is 0 Å². The Morgan fingerprint density at radius 3 is 2.83 bits per heavy atom. The molecule has 114 valence electrons. The SMILES string of the molecule is Cc1cccc2c1N1C(=O)CCC1(C)n1c-2nc2ccccc21. The number of hydrogen-bond acceptors (Lipinski definition) is 2. The maximum atomic E-state index is 12.7. The maximum absolute atomic E-state index is 12.7. The van der Waals surface area contributed by atoms with E-state index in [0.717, 1.165) is 40.1 Å². The van der Waals surface area contributed by atoms with E-state index < -0.39 is 0 Å². The zero-order valence-electron chi connectivity index (χ0n) is 13.2. The molecule has 1 unspecified atom stereocenters. The monoisotopic (exact) mass is 303 g/mol. The van der Waals surface area contributed by atoms with Crippen LogP contribution in [0.1, 0.15) is 25.3 Å². The van der Waals surface area contributed by atoms with Crippen molar-refractivity contribution in [1.82, 2.24) is 9.55 Å². The van der Waals surface area contributed by atoms with Crippen molar-refractivity contribution >= 4 is 22.6 Å². The van der Waals surface area contributed by atoms with Crippen molar-refractivity contribution in [2.45, 2.75) is 32.4 Å². The predicted molar refractivity (Wildman–Crippen MR) is 90.3 cm³/mol. The Labute approximate surface area is 134 Å². The number of fused-ring (bicyclic) bond motifs is 8. The average molecular weight is 303 g/mol. The lowest BCUT2D eigenvalue weighted by atomic mass is 9.98. The summed E-state index contributed by atoms with van der Waals surface area (Å²) in [6.45, 7) is 4.23. The first-order valence-corrected chi connectivity index (χ1v) is 8.02. The summed E-state index contributed by atoms with van der Waals surface area (Å²) < 4.78 is 2.26. The number of aromatic nitrogens is 2. The molecular formula is C19H17N3O. The molecule has 0 saturated carbocycles. The van der Waals surface area contributed by atoms with Gasteiger partial charge in [0, 0.05) is 12.0 Å². The first kappa shape index (κ1) is 12.9. The van der Waals surface area contributed by atoms with Crippen molar-refractivity contribution in [3.63, 3.8) is 0 Å². The first-order valence-electron chi connectivity index (χ1n) is 8.02. The van der Waals surface area contributed by atoms with Gasteiger partial charge in [0.15, 0.2) is 0 Å². The minimum atomic E-state index is -0.373. The fourth-order valence-electron chi connectivity index (χ4n) is 4.24. The third kappa shape index (κ3) is 1.41. The number of hydrogen-bond donors (Lipinski definition) is 0. The van der Waals surface area contributed by atoms with Gasteiger partial charge in [-0.05, 0) is 44.0 Å². The van der Waals surface area contributed by atoms with Crippen LogP contribution in [0.3, 0.4) is 0 Å². The van der Waals surface area contributed by atoms with Gasteiger partial charge >= 0.3 is 0 Å². The molecule has 23 heavy (non-hydrogen) atoms. The molecule has 2 aliphatic heterocycles. The highest BCUT2D eigenvalue weighted by molar-refractivity contribution is 6.03. The Bertz CT molecular complexity index is 987. The fraction of sp³-hybridized carbons (Fsp3) is 0.263. The number of nitrogens with zero attached hydrogens (tertiary/aromatic N) is 3. The van der Waals surface area contributed by atoms with Gasteiger partial charge < -0.3 is 0 Å². The van der Waals surface area contributed by atoms with E-state index in [1.807, 2.05) is 29.2 Å². The van der Waals surface area contributed by atoms with Gasteiger partial charge in [0.2, 0.25) is 5.91 Å². The zero-order chi connectivity index (χ0) is 15.8. The molecule has 0 spiro atoms. The van der Waals surface area contributed by atoms with Crippen molar-refractivity contribution < 1.29 is 4.79 Å². The third-order valence-corrected chi connectivity index (χ3v) is 5.29. The number of para-hydroxylation sites is 3. The van der Waals surface area contributed by atoms with Crippen LogP contribution in [0, 0.1) is 6.92 Å². The Balaban J connectivity index is 1.99. The lowest BCUT2D eigenvalue weighted by Crippen LogP contribution is -2.49. The number of carbonyl (C=O) groups is 1. The standard InChI is InChI=1S/C19H17N3O/c1-12-6-5-7-13-17(12)22-16(23)10-11-19(22,2)21-15-9-4-3-8-14(15)20-18(13)21/h3-9H,10-11H2,1-2H3. The molecule has 1 aromatic heterocycles. The third-order valence-electron chi connectivity index (χ3n) is 5.29. The minimum absolute atomic E-state index is 0.200. The lowest BCUT2D eigenvalue weighted by molar-refractivity contribution is -0.117. The predicted octanol–water partition coefficient (Wildman–Crippen LogP) is 3.82. The molecule has 1 amide bonds. The molecule has 0 N–H and O–H groups in total. The van der Waals surface area contributed by atoms with Gasteiger partial charge in [0.05, 0.1) is 16.7 Å². The van der Waals surface area contributed by atoms with Gasteiger partial charge in [0.25, 0.3) is 0 Å². The number of imidazole rings is 1. The number of anilines is 1. The molecule has 2 aromatic carbocycles. The van der Waals surface area contributed by atoms with Crippen molar-refractivity contribution in [2.75, 3.05) is 4.90 Å². The second-order valence-corrected chi connectivity index (χ2v) is 6.68. The summed E-state index contributed by atoms with van der Waals surface area (Å²) in [7, 11) is 0. The van der Waals surface area contributed by atoms with Crippen LogP contribution in [0.25, 0.3) is 22.4 Å². The van der Waals surface area contributed by atoms with E-state index in [1.165, 1.54) is 0 Å². The fourth-order valence-corrected chi connectivity index (χ4v) is 4.24. The summed E-state index contributed by atoms with van der Waals surface area (Å²) in [4.78, 5) is 19.6. The van der Waals surface area contributed by atoms with Gasteiger partial charge in [-0.3, -0.25) is 14.3 Å². The average Bonchev–Trinajstić information content (AvgIpc) is 3.07. The summed E-state index contributed by atoms with van der Waals surface area (Å²) in [5.74, 6) is 1.17. The topological polar surface area (TPSA) is 38.1 Å². The highest BCUT2D eigenvalue weighted by atomic mass is 16.2. The molecule has 4 nitrogen and oxygen atoms in total. The summed E-state index contributed by atoms with van der Waals surface area (Å²) in [5.41, 5.74) is 4.91. The quantitative estimate of drug-likeness (QED) is 0.633. The van der Waals surface area contributed by atoms with Crippen molar-refractivity contribution in [3.05, 3.63) is 48.0 Å². The normalized spacial score (nSPS) is 22.2. The molecule has 1 fully saturated rings. The highest BCUT2D eigenvalue weighted by Gasteiger charge is 2.50. The van der Waals surface area contributed by atoms with Crippen LogP contribution in [0.15, 0.2) is 42.5 Å². The van der Waals surface area contributed by atoms with E-state index in [-0.39, 0.29) is 11.6 Å². The largest absolute Gasteiger partial charge is 0.300 e. The second-order valence-electron chi connectivity index (χ2n) is 6.68. The Morgan fingerprint density at radius 2 is 1.96 bits per heavy atom. The van der Waals surface area contributed by atoms with E-state index in [4.69, 9.17) is 4.98 Å². The van der Waals surface area contributed by atoms with Crippen LogP contribution in [-0.2, 0) is 10.5 Å². The molecule has 5 rings (SSSR count). The number of rotatable bonds is 0. The van der Waals surface area contributed by atoms with Crippen LogP contribution >= 0.6 is 0 Å². The summed E-state index contributed by atoms with van der Waals surface area (Å²) in [6.07, 6.45) is 1.39. The maximum Gasteiger partial charge on any atom is 0.229 e. The van der Waals surface area contributed by atoms with E-state index in [1.54, 1.807) is 0 Å². The zero-order valence-corrected chi connectivity index (χ0v) is 13.2. The Hall–Kier alpha value is -2.62. The summed E-state index contributed by atoms with van der Waals surface area (Å²) in [5, 5.41) is 0. The van der Waals surface area contributed by atoms with Crippen molar-refractivity contribution in [2.24, 2.45) is 0 Å². The van der Waals surface area contributed by atoms with Gasteiger partial charge in [0.1, 0.15) is 11.5 Å². The molecule has 1 saturated heterocycles. The number of aryl methyl sites for hydroxylation is 1. The second kappa shape index (κ2) is 4.02. The van der Waals surface area contributed by atoms with Crippen molar-refractivity contribution in [3.8, 4) is 11.4 Å². The van der Waals surface area contributed by atoms with Crippen LogP contribution in [0.4, 0.5) is 5.69 Å². The van der Waals surface area contributed by atoms with Gasteiger partial charge in [-0.1, -0.05) is 24.3 Å². The molecule has 0 bridgehead atoms. The van der Waals surface area contributed by atoms with Crippen LogP contribution < -0.4 is 4.90 Å². The molecule has 2 aliphatic rings. The molecule has 4 heteroatoms. The van der Waals surface area contributed by atoms with Crippen LogP contribution in [0.5, 0.6) is 0 Å². The van der Waals surface area contributed by atoms with E-state index in [2.05, 4.69) is 36.6 Å². The Kier molecular flexibility index (Phi) is 2.25. The highest BCUT2D eigenvalue weighted by Crippen LogP contribution is 2.51. The molecule has 3 heterocycles. The molecular weight excluding hydrogens is 286 g/mol. The van der Waals surface area contributed by atoms with Crippen molar-refractivity contribution in [1.29, 1.82) is 0 Å². The van der Waals surface area contributed by atoms with E-state index in [9.17, 15) is 4.79 Å². The van der Waals surface area contributed by atoms with E-state index >= 15 is 0 Å². The number of benzene rings is 2. The Morgan fingerprint density at radius 1 is 1.13 bits per heavy atom. The summed E-state index contributed by atoms with van der Waals surface area (Å²) in [6, 6.07) is 14.4. The smallest absolute Gasteiger partial charge is 0.229 e. The molecule has 1 atom stereocenters. The lowest BCUT2D eigenvalue weighted by Gasteiger charge is -2.43. The first-order chi connectivity index (χ1) is 11.1. The minimum Gasteiger partial charge on any atom is -0.300 e. The number of carbonyl (C=O) groups excluding carboxylic acids is 1. The van der Waals surface area contributed by atoms with Gasteiger partial charge in [-0.2, -0.15) is 0 Å². The number of amides is 1. The van der Waals surface area contributed by atoms with Crippen LogP contribution in [-0.4, -0.2) is 15.5 Å². The summed E-state index contributed by atoms with van der Waals surface area (Å²) >= 11 is 0.